The lowest BCUT2D eigenvalue weighted by Crippen LogP contribution is -2.55. The van der Waals surface area contributed by atoms with Crippen molar-refractivity contribution in [2.75, 3.05) is 24.6 Å². The predicted octanol–water partition coefficient (Wildman–Crippen LogP) is 1.46. The second-order valence-electron chi connectivity index (χ2n) is 7.68. The van der Waals surface area contributed by atoms with Gasteiger partial charge in [0.15, 0.2) is 0 Å². The van der Waals surface area contributed by atoms with E-state index in [4.69, 9.17) is 41.1 Å². The Balaban J connectivity index is 1.34. The van der Waals surface area contributed by atoms with Crippen molar-refractivity contribution in [2.45, 2.75) is 30.1 Å². The van der Waals surface area contributed by atoms with Gasteiger partial charge >= 0.3 is 0 Å². The first-order valence-corrected chi connectivity index (χ1v) is 9.72. The first-order valence-electron chi connectivity index (χ1n) is 9.72. The van der Waals surface area contributed by atoms with Crippen molar-refractivity contribution in [3.05, 3.63) is 36.5 Å². The summed E-state index contributed by atoms with van der Waals surface area (Å²) in [4.78, 5) is 11.6. The first kappa shape index (κ1) is 20.3. The summed E-state index contributed by atoms with van der Waals surface area (Å²) in [6.45, 7) is 1.93. The summed E-state index contributed by atoms with van der Waals surface area (Å²) in [5.41, 5.74) is -0.819. The quantitative estimate of drug-likeness (QED) is 0.606. The van der Waals surface area contributed by atoms with E-state index in [1.54, 1.807) is 0 Å². The molecule has 0 bridgehead atoms. The van der Waals surface area contributed by atoms with Crippen LogP contribution >= 0.6 is 0 Å². The number of imidazole rings is 1. The van der Waals surface area contributed by atoms with Gasteiger partial charge in [0.05, 0.1) is 11.0 Å². The van der Waals surface area contributed by atoms with E-state index in [1.165, 1.54) is 0 Å². The largest absolute Gasteiger partial charge is 0.393 e. The molecule has 0 unspecified atom stereocenters. The maximum absolute atomic E-state index is 13.5. The van der Waals surface area contributed by atoms with Gasteiger partial charge in [0.2, 0.25) is 5.78 Å². The van der Waals surface area contributed by atoms with Crippen molar-refractivity contribution in [1.82, 2.24) is 14.4 Å². The standard InChI is InChI=1S/C19H19B4FN4O/c20-18(21,24)19(22,23)29-12-8-13-5-9-27(10-6-13)16-7-11-28-15-4-2-1-3-14(15)25-17(28)26-16/h1-4,7,11,13H,5-6,8-10,12H2. The van der Waals surface area contributed by atoms with E-state index in [-0.39, 0.29) is 6.61 Å². The number of benzene rings is 1. The van der Waals surface area contributed by atoms with Crippen molar-refractivity contribution in [3.8, 4) is 0 Å². The predicted molar refractivity (Wildman–Crippen MR) is 116 cm³/mol. The van der Waals surface area contributed by atoms with E-state index in [0.29, 0.717) is 18.1 Å². The summed E-state index contributed by atoms with van der Waals surface area (Å²) in [6, 6.07) is 10.00. The third-order valence-electron chi connectivity index (χ3n) is 5.57. The smallest absolute Gasteiger partial charge is 0.236 e. The Labute approximate surface area is 175 Å². The van der Waals surface area contributed by atoms with E-state index >= 15 is 0 Å². The van der Waals surface area contributed by atoms with E-state index in [9.17, 15) is 4.39 Å². The average molecular weight is 382 g/mol. The Hall–Kier alpha value is -1.95. The lowest BCUT2D eigenvalue weighted by molar-refractivity contribution is 0.0230. The normalized spacial score (nSPS) is 16.7. The van der Waals surface area contributed by atoms with Gasteiger partial charge in [-0.1, -0.05) is 12.1 Å². The highest BCUT2D eigenvalue weighted by Crippen LogP contribution is 2.26. The van der Waals surface area contributed by atoms with Gasteiger partial charge in [0.1, 0.15) is 37.2 Å². The zero-order chi connectivity index (χ0) is 20.6. The Bertz CT molecular complexity index is 999. The fourth-order valence-corrected chi connectivity index (χ4v) is 3.67. The third-order valence-corrected chi connectivity index (χ3v) is 5.57. The van der Waals surface area contributed by atoms with Crippen LogP contribution in [-0.2, 0) is 4.74 Å². The number of halogens is 1. The lowest BCUT2D eigenvalue weighted by Gasteiger charge is -2.38. The molecule has 0 saturated carbocycles. The Kier molecular flexibility index (Phi) is 5.40. The molecule has 10 heteroatoms. The fourth-order valence-electron chi connectivity index (χ4n) is 3.67. The van der Waals surface area contributed by atoms with Crippen LogP contribution in [0.15, 0.2) is 36.5 Å². The van der Waals surface area contributed by atoms with Gasteiger partial charge in [-0.25, -0.2) is 4.98 Å². The first-order chi connectivity index (χ1) is 13.7. The summed E-state index contributed by atoms with van der Waals surface area (Å²) in [5, 5.41) is -2.21. The number of nitrogens with zero attached hydrogens (tertiary/aromatic N) is 4. The fraction of sp³-hybridized carbons (Fsp3) is 0.474. The molecule has 3 aromatic rings. The molecule has 0 amide bonds. The van der Waals surface area contributed by atoms with Crippen LogP contribution in [0.1, 0.15) is 19.3 Å². The van der Waals surface area contributed by atoms with Crippen molar-refractivity contribution < 1.29 is 9.13 Å². The number of para-hydroxylation sites is 2. The molecule has 1 saturated heterocycles. The molecule has 29 heavy (non-hydrogen) atoms. The van der Waals surface area contributed by atoms with E-state index < -0.39 is 10.9 Å². The monoisotopic (exact) mass is 382 g/mol. The van der Waals surface area contributed by atoms with Crippen LogP contribution in [-0.4, -0.2) is 76.3 Å². The number of hydrogen-bond donors (Lipinski definition) is 0. The van der Waals surface area contributed by atoms with Gasteiger partial charge in [0.25, 0.3) is 0 Å². The summed E-state index contributed by atoms with van der Waals surface area (Å²) in [5.74, 6) is 2.03. The second-order valence-corrected chi connectivity index (χ2v) is 7.68. The second kappa shape index (κ2) is 7.71. The van der Waals surface area contributed by atoms with E-state index in [1.807, 2.05) is 40.9 Å². The van der Waals surface area contributed by atoms with Gasteiger partial charge < -0.3 is 9.64 Å². The Morgan fingerprint density at radius 2 is 1.79 bits per heavy atom. The van der Waals surface area contributed by atoms with E-state index in [2.05, 4.69) is 9.88 Å². The molecule has 0 atom stereocenters. The van der Waals surface area contributed by atoms with Crippen molar-refractivity contribution >= 4 is 54.0 Å². The van der Waals surface area contributed by atoms with Crippen molar-refractivity contribution in [3.63, 3.8) is 0 Å². The number of aromatic nitrogens is 3. The molecule has 8 radical (unpaired) electrons. The number of rotatable bonds is 6. The van der Waals surface area contributed by atoms with Crippen LogP contribution in [0.2, 0.25) is 0 Å². The van der Waals surface area contributed by atoms with Crippen LogP contribution in [0.3, 0.4) is 0 Å². The highest BCUT2D eigenvalue weighted by Gasteiger charge is 2.35. The Morgan fingerprint density at radius 3 is 2.52 bits per heavy atom. The van der Waals surface area contributed by atoms with Gasteiger partial charge in [-0.05, 0) is 43.4 Å². The molecule has 1 aliphatic rings. The summed E-state index contributed by atoms with van der Waals surface area (Å²) in [6.07, 6.45) is 4.64. The zero-order valence-corrected chi connectivity index (χ0v) is 16.2. The van der Waals surface area contributed by atoms with Gasteiger partial charge in [-0.2, -0.15) is 4.98 Å². The molecular weight excluding hydrogens is 362 g/mol. The number of hydrogen-bond acceptors (Lipinski definition) is 4. The lowest BCUT2D eigenvalue weighted by atomic mass is 9.43. The van der Waals surface area contributed by atoms with Crippen LogP contribution in [0.25, 0.3) is 16.8 Å². The number of ether oxygens (including phenoxy) is 1. The average Bonchev–Trinajstić information content (AvgIpc) is 3.05. The Morgan fingerprint density at radius 1 is 1.07 bits per heavy atom. The van der Waals surface area contributed by atoms with Crippen LogP contribution in [0, 0.1) is 5.92 Å². The van der Waals surface area contributed by atoms with Crippen LogP contribution < -0.4 is 4.90 Å². The minimum Gasteiger partial charge on any atom is -0.393 e. The number of fused-ring (bicyclic) bond motifs is 3. The minimum atomic E-state index is -2.79. The summed E-state index contributed by atoms with van der Waals surface area (Å²) >= 11 is 0. The molecule has 1 aromatic carbocycles. The zero-order valence-electron chi connectivity index (χ0n) is 16.2. The molecule has 4 rings (SSSR count). The molecule has 0 N–H and O–H groups in total. The van der Waals surface area contributed by atoms with Gasteiger partial charge in [-0.15, -0.1) is 0 Å². The number of alkyl halides is 1. The molecule has 0 aliphatic carbocycles. The number of piperidine rings is 1. The summed E-state index contributed by atoms with van der Waals surface area (Å²) < 4.78 is 20.7. The maximum Gasteiger partial charge on any atom is 0.236 e. The van der Waals surface area contributed by atoms with Gasteiger partial charge in [0, 0.05) is 36.8 Å². The SMILES string of the molecule is [B]C([B])(F)C([B])([B])OCCC1CCN(c2ccn3c(n2)nc2ccccc23)CC1. The maximum atomic E-state index is 13.5. The molecule has 0 spiro atoms. The molecule has 5 nitrogen and oxygen atoms in total. The highest BCUT2D eigenvalue weighted by atomic mass is 19.1. The molecular formula is C19H19B4FN4O. The topological polar surface area (TPSA) is 42.7 Å². The van der Waals surface area contributed by atoms with Crippen LogP contribution in [0.4, 0.5) is 10.2 Å². The third kappa shape index (κ3) is 4.18. The summed E-state index contributed by atoms with van der Waals surface area (Å²) in [7, 11) is 21.2. The van der Waals surface area contributed by atoms with Crippen LogP contribution in [0.5, 0.6) is 0 Å². The molecule has 1 fully saturated rings. The molecule has 3 heterocycles. The van der Waals surface area contributed by atoms with Crippen molar-refractivity contribution in [1.29, 1.82) is 0 Å². The minimum absolute atomic E-state index is 0.197. The number of anilines is 1. The molecule has 140 valence electrons. The van der Waals surface area contributed by atoms with E-state index in [0.717, 1.165) is 42.8 Å². The highest BCUT2D eigenvalue weighted by molar-refractivity contribution is 6.53. The molecule has 1 aliphatic heterocycles. The van der Waals surface area contributed by atoms with Gasteiger partial charge in [-0.3, -0.25) is 8.79 Å². The molecule has 2 aromatic heterocycles. The van der Waals surface area contributed by atoms with Crippen molar-refractivity contribution in [2.24, 2.45) is 5.92 Å².